The normalized spacial score (nSPS) is 27.9. The molecule has 3 rings (SSSR count). The van der Waals surface area contributed by atoms with Crippen LogP contribution in [0.3, 0.4) is 0 Å². The lowest BCUT2D eigenvalue weighted by molar-refractivity contribution is -0.150. The van der Waals surface area contributed by atoms with Crippen molar-refractivity contribution in [3.05, 3.63) is 0 Å². The molecule has 34 heavy (non-hydrogen) atoms. The predicted molar refractivity (Wildman–Crippen MR) is 123 cm³/mol. The van der Waals surface area contributed by atoms with Crippen molar-refractivity contribution in [2.45, 2.75) is 89.9 Å². The molecule has 0 bridgehead atoms. The highest BCUT2D eigenvalue weighted by Gasteiger charge is 2.41. The minimum absolute atomic E-state index is 0.0190. The zero-order valence-corrected chi connectivity index (χ0v) is 20.5. The van der Waals surface area contributed by atoms with E-state index in [2.05, 4.69) is 17.0 Å². The molecular weight excluding hydrogens is 440 g/mol. The summed E-state index contributed by atoms with van der Waals surface area (Å²) in [6.45, 7) is 7.73. The molecule has 10 heteroatoms. The summed E-state index contributed by atoms with van der Waals surface area (Å²) >= 11 is 0. The summed E-state index contributed by atoms with van der Waals surface area (Å²) in [5.41, 5.74) is 0. The average Bonchev–Trinajstić information content (AvgIpc) is 3.44. The number of nitrogens with zero attached hydrogens (tertiary/aromatic N) is 3. The lowest BCUT2D eigenvalue weighted by atomic mass is 9.99. The van der Waals surface area contributed by atoms with Crippen molar-refractivity contribution >= 4 is 30.1 Å². The van der Waals surface area contributed by atoms with Crippen LogP contribution in [0.5, 0.6) is 0 Å². The van der Waals surface area contributed by atoms with Crippen molar-refractivity contribution in [3.63, 3.8) is 0 Å². The van der Waals surface area contributed by atoms with Gasteiger partial charge in [-0.15, -0.1) is 0 Å². The first kappa shape index (κ1) is 26.0. The summed E-state index contributed by atoms with van der Waals surface area (Å²) < 4.78 is 4.62. The molecule has 1 N–H and O–H groups in total. The van der Waals surface area contributed by atoms with Gasteiger partial charge in [-0.25, -0.2) is 0 Å². The van der Waals surface area contributed by atoms with Crippen LogP contribution in [-0.2, 0) is 28.7 Å². The molecular formula is C24H38N4O6. The number of ether oxygens (including phenoxy) is 1. The van der Waals surface area contributed by atoms with Crippen molar-refractivity contribution in [2.24, 2.45) is 5.92 Å². The van der Waals surface area contributed by atoms with E-state index >= 15 is 0 Å². The molecule has 3 saturated heterocycles. The van der Waals surface area contributed by atoms with Gasteiger partial charge in [-0.1, -0.05) is 6.92 Å². The third kappa shape index (κ3) is 5.88. The molecule has 0 radical (unpaired) electrons. The fourth-order valence-corrected chi connectivity index (χ4v) is 5.55. The van der Waals surface area contributed by atoms with Crippen LogP contribution in [-0.4, -0.2) is 95.2 Å². The monoisotopic (exact) mass is 478 g/mol. The highest BCUT2D eigenvalue weighted by Crippen LogP contribution is 2.26. The second-order valence-electron chi connectivity index (χ2n) is 9.92. The van der Waals surface area contributed by atoms with Crippen LogP contribution in [0.4, 0.5) is 0 Å². The quantitative estimate of drug-likeness (QED) is 0.405. The van der Waals surface area contributed by atoms with Crippen LogP contribution in [0.15, 0.2) is 0 Å². The van der Waals surface area contributed by atoms with E-state index in [-0.39, 0.29) is 42.7 Å². The van der Waals surface area contributed by atoms with Crippen molar-refractivity contribution in [1.82, 2.24) is 20.0 Å². The lowest BCUT2D eigenvalue weighted by Gasteiger charge is -2.38. The highest BCUT2D eigenvalue weighted by atomic mass is 16.5. The number of amides is 4. The molecule has 10 nitrogen and oxygen atoms in total. The van der Waals surface area contributed by atoms with E-state index in [1.54, 1.807) is 16.7 Å². The third-order valence-corrected chi connectivity index (χ3v) is 7.24. The van der Waals surface area contributed by atoms with Gasteiger partial charge >= 0.3 is 0 Å². The summed E-state index contributed by atoms with van der Waals surface area (Å²) in [4.78, 5) is 67.4. The lowest BCUT2D eigenvalue weighted by Crippen LogP contribution is -2.59. The molecule has 0 aromatic rings. The summed E-state index contributed by atoms with van der Waals surface area (Å²) in [6.07, 6.45) is 4.38. The van der Waals surface area contributed by atoms with Gasteiger partial charge in [-0.3, -0.25) is 24.0 Å². The topological polar surface area (TPSA) is 116 Å². The molecule has 0 aromatic carbocycles. The minimum atomic E-state index is -0.665. The number of likely N-dealkylation sites (tertiary alicyclic amines) is 3. The SMILES string of the molecule is CC1CC(C)N(C(=O)C(C)NC(=O)C2CCCCN2C(=O)C2CCCN2C(=O)CCOC=O)C1. The van der Waals surface area contributed by atoms with Crippen molar-refractivity contribution in [1.29, 1.82) is 0 Å². The van der Waals surface area contributed by atoms with Crippen LogP contribution in [0.2, 0.25) is 0 Å². The maximum atomic E-state index is 13.5. The Morgan fingerprint density at radius 1 is 1.00 bits per heavy atom. The standard InChI is InChI=1S/C24H38N4O6/c1-16-13-17(2)28(14-16)23(32)18(3)25-22(31)19-7-4-5-10-27(19)24(33)20-8-6-11-26(20)21(30)9-12-34-15-29/h15-20H,4-14H2,1-3H3,(H,25,31). The van der Waals surface area contributed by atoms with Gasteiger partial charge in [0.05, 0.1) is 13.0 Å². The third-order valence-electron chi connectivity index (χ3n) is 7.24. The molecule has 3 aliphatic heterocycles. The number of rotatable bonds is 8. The Morgan fingerprint density at radius 3 is 2.38 bits per heavy atom. The number of piperidine rings is 1. The van der Waals surface area contributed by atoms with E-state index in [1.807, 2.05) is 11.8 Å². The molecule has 0 spiro atoms. The highest BCUT2D eigenvalue weighted by molar-refractivity contribution is 5.94. The van der Waals surface area contributed by atoms with E-state index in [9.17, 15) is 24.0 Å². The second-order valence-corrected chi connectivity index (χ2v) is 9.92. The Bertz CT molecular complexity index is 789. The van der Waals surface area contributed by atoms with E-state index in [0.717, 1.165) is 19.3 Å². The van der Waals surface area contributed by atoms with Crippen LogP contribution in [0.1, 0.15) is 65.7 Å². The maximum Gasteiger partial charge on any atom is 0.293 e. The molecule has 0 aliphatic carbocycles. The first-order chi connectivity index (χ1) is 16.2. The molecule has 3 fully saturated rings. The maximum absolute atomic E-state index is 13.5. The number of nitrogens with one attached hydrogen (secondary N) is 1. The average molecular weight is 479 g/mol. The van der Waals surface area contributed by atoms with Gasteiger partial charge in [0.15, 0.2) is 0 Å². The smallest absolute Gasteiger partial charge is 0.293 e. The largest absolute Gasteiger partial charge is 0.467 e. The fraction of sp³-hybridized carbons (Fsp3) is 0.792. The van der Waals surface area contributed by atoms with Crippen LogP contribution in [0.25, 0.3) is 0 Å². The van der Waals surface area contributed by atoms with Crippen molar-refractivity contribution < 1.29 is 28.7 Å². The Balaban J connectivity index is 1.63. The number of carbonyl (C=O) groups is 5. The first-order valence-corrected chi connectivity index (χ1v) is 12.5. The first-order valence-electron chi connectivity index (χ1n) is 12.5. The summed E-state index contributed by atoms with van der Waals surface area (Å²) in [5, 5.41) is 2.85. The number of hydrogen-bond donors (Lipinski definition) is 1. The van der Waals surface area contributed by atoms with Crippen LogP contribution in [0, 0.1) is 5.92 Å². The predicted octanol–water partition coefficient (Wildman–Crippen LogP) is 0.683. The zero-order chi connectivity index (χ0) is 24.8. The van der Waals surface area contributed by atoms with E-state index in [4.69, 9.17) is 0 Å². The molecule has 5 atom stereocenters. The van der Waals surface area contributed by atoms with E-state index in [0.29, 0.717) is 51.3 Å². The molecule has 4 amide bonds. The minimum Gasteiger partial charge on any atom is -0.467 e. The Hall–Kier alpha value is -2.65. The van der Waals surface area contributed by atoms with Gasteiger partial charge in [0.1, 0.15) is 18.1 Å². The van der Waals surface area contributed by atoms with Crippen molar-refractivity contribution in [2.75, 3.05) is 26.2 Å². The van der Waals surface area contributed by atoms with Crippen LogP contribution >= 0.6 is 0 Å². The molecule has 0 saturated carbocycles. The summed E-state index contributed by atoms with van der Waals surface area (Å²) in [7, 11) is 0. The Kier molecular flexibility index (Phi) is 8.90. The zero-order valence-electron chi connectivity index (χ0n) is 20.5. The molecule has 3 aliphatic rings. The van der Waals surface area contributed by atoms with Crippen molar-refractivity contribution in [3.8, 4) is 0 Å². The van der Waals surface area contributed by atoms with Gasteiger partial charge in [0.25, 0.3) is 6.47 Å². The number of carbonyl (C=O) groups excluding carboxylic acids is 5. The summed E-state index contributed by atoms with van der Waals surface area (Å²) in [6, 6.07) is -1.77. The van der Waals surface area contributed by atoms with Gasteiger partial charge in [0.2, 0.25) is 23.6 Å². The fourth-order valence-electron chi connectivity index (χ4n) is 5.55. The molecule has 3 heterocycles. The van der Waals surface area contributed by atoms with Crippen LogP contribution < -0.4 is 5.32 Å². The molecule has 0 aromatic heterocycles. The summed E-state index contributed by atoms with van der Waals surface area (Å²) in [5.74, 6) is -0.421. The van der Waals surface area contributed by atoms with Gasteiger partial charge < -0.3 is 24.8 Å². The van der Waals surface area contributed by atoms with Gasteiger partial charge in [-0.05, 0) is 58.3 Å². The molecule has 190 valence electrons. The molecule has 5 unspecified atom stereocenters. The van der Waals surface area contributed by atoms with Gasteiger partial charge in [-0.2, -0.15) is 0 Å². The Morgan fingerprint density at radius 2 is 1.71 bits per heavy atom. The van der Waals surface area contributed by atoms with Gasteiger partial charge in [0, 0.05) is 25.7 Å². The number of hydrogen-bond acceptors (Lipinski definition) is 6. The second kappa shape index (κ2) is 11.7. The van der Waals surface area contributed by atoms with E-state index in [1.165, 1.54) is 0 Å². The Labute approximate surface area is 201 Å². The van der Waals surface area contributed by atoms with E-state index < -0.39 is 18.1 Å².